The molecule has 0 aliphatic rings. The summed E-state index contributed by atoms with van der Waals surface area (Å²) in [5.41, 5.74) is 5.90. The van der Waals surface area contributed by atoms with Crippen molar-refractivity contribution in [3.05, 3.63) is 0 Å². The molecule has 0 amide bonds. The van der Waals surface area contributed by atoms with Crippen LogP contribution in [0, 0.1) is 11.3 Å². The van der Waals surface area contributed by atoms with Gasteiger partial charge < -0.3 is 15.4 Å². The van der Waals surface area contributed by atoms with Crippen LogP contribution in [0.15, 0.2) is 0 Å². The molecule has 0 fully saturated rings. The van der Waals surface area contributed by atoms with Crippen LogP contribution in [0.2, 0.25) is 0 Å². The van der Waals surface area contributed by atoms with Crippen molar-refractivity contribution in [2.24, 2.45) is 17.1 Å². The zero-order chi connectivity index (χ0) is 11.2. The van der Waals surface area contributed by atoms with Gasteiger partial charge in [0.15, 0.2) is 0 Å². The SMILES string of the molecule is COCC(C)CN(C)CC(C)(C)CN. The van der Waals surface area contributed by atoms with Gasteiger partial charge in [0.1, 0.15) is 0 Å². The molecule has 0 aromatic carbocycles. The van der Waals surface area contributed by atoms with E-state index in [2.05, 4.69) is 32.7 Å². The van der Waals surface area contributed by atoms with Crippen LogP contribution < -0.4 is 5.73 Å². The molecule has 0 rings (SSSR count). The molecule has 0 spiro atoms. The lowest BCUT2D eigenvalue weighted by molar-refractivity contribution is 0.123. The summed E-state index contributed by atoms with van der Waals surface area (Å²) in [6.07, 6.45) is 0. The van der Waals surface area contributed by atoms with Crippen LogP contribution in [0.25, 0.3) is 0 Å². The van der Waals surface area contributed by atoms with Crippen LogP contribution in [-0.2, 0) is 4.74 Å². The van der Waals surface area contributed by atoms with E-state index in [1.165, 1.54) is 0 Å². The van der Waals surface area contributed by atoms with Crippen LogP contribution in [-0.4, -0.2) is 45.3 Å². The van der Waals surface area contributed by atoms with Crippen molar-refractivity contribution in [2.45, 2.75) is 20.8 Å². The molecule has 0 aliphatic carbocycles. The largest absolute Gasteiger partial charge is 0.384 e. The number of ether oxygens (including phenoxy) is 1. The highest BCUT2D eigenvalue weighted by Gasteiger charge is 2.18. The van der Waals surface area contributed by atoms with E-state index in [1.807, 2.05) is 0 Å². The fourth-order valence-electron chi connectivity index (χ4n) is 1.73. The molecule has 0 saturated carbocycles. The van der Waals surface area contributed by atoms with Crippen LogP contribution in [0.3, 0.4) is 0 Å². The first-order valence-corrected chi connectivity index (χ1v) is 5.29. The highest BCUT2D eigenvalue weighted by molar-refractivity contribution is 4.73. The topological polar surface area (TPSA) is 38.5 Å². The van der Waals surface area contributed by atoms with Gasteiger partial charge in [0.05, 0.1) is 0 Å². The number of methoxy groups -OCH3 is 1. The second-order valence-corrected chi connectivity index (χ2v) is 5.13. The van der Waals surface area contributed by atoms with Crippen molar-refractivity contribution >= 4 is 0 Å². The van der Waals surface area contributed by atoms with Crippen molar-refractivity contribution in [2.75, 3.05) is 40.4 Å². The van der Waals surface area contributed by atoms with E-state index < -0.39 is 0 Å². The average Bonchev–Trinajstić information content (AvgIpc) is 2.03. The van der Waals surface area contributed by atoms with E-state index in [-0.39, 0.29) is 5.41 Å². The van der Waals surface area contributed by atoms with Gasteiger partial charge in [-0.2, -0.15) is 0 Å². The molecular weight excluding hydrogens is 176 g/mol. The van der Waals surface area contributed by atoms with E-state index >= 15 is 0 Å². The zero-order valence-corrected chi connectivity index (χ0v) is 10.3. The Hall–Kier alpha value is -0.120. The highest BCUT2D eigenvalue weighted by atomic mass is 16.5. The summed E-state index contributed by atoms with van der Waals surface area (Å²) in [4.78, 5) is 2.33. The van der Waals surface area contributed by atoms with Crippen molar-refractivity contribution in [1.82, 2.24) is 4.90 Å². The minimum Gasteiger partial charge on any atom is -0.384 e. The van der Waals surface area contributed by atoms with Crippen molar-refractivity contribution in [3.63, 3.8) is 0 Å². The van der Waals surface area contributed by atoms with Crippen LogP contribution >= 0.6 is 0 Å². The maximum Gasteiger partial charge on any atom is 0.0500 e. The van der Waals surface area contributed by atoms with Gasteiger partial charge in [0.2, 0.25) is 0 Å². The fourth-order valence-corrected chi connectivity index (χ4v) is 1.73. The second-order valence-electron chi connectivity index (χ2n) is 5.13. The molecular formula is C11H26N2O. The molecule has 3 heteroatoms. The molecule has 14 heavy (non-hydrogen) atoms. The van der Waals surface area contributed by atoms with Gasteiger partial charge >= 0.3 is 0 Å². The molecule has 0 heterocycles. The summed E-state index contributed by atoms with van der Waals surface area (Å²) in [5.74, 6) is 0.582. The third kappa shape index (κ3) is 6.35. The minimum absolute atomic E-state index is 0.210. The summed E-state index contributed by atoms with van der Waals surface area (Å²) in [6, 6.07) is 0. The normalized spacial score (nSPS) is 14.8. The van der Waals surface area contributed by atoms with Gasteiger partial charge in [-0.3, -0.25) is 0 Å². The van der Waals surface area contributed by atoms with Crippen molar-refractivity contribution in [3.8, 4) is 0 Å². The Labute approximate surface area is 88.6 Å². The Balaban J connectivity index is 3.79. The Bertz CT molecular complexity index is 148. The lowest BCUT2D eigenvalue weighted by atomic mass is 9.93. The number of rotatable bonds is 7. The molecule has 0 radical (unpaired) electrons. The van der Waals surface area contributed by atoms with Gasteiger partial charge in [-0.05, 0) is 24.9 Å². The van der Waals surface area contributed by atoms with Crippen LogP contribution in [0.4, 0.5) is 0 Å². The number of nitrogens with zero attached hydrogens (tertiary/aromatic N) is 1. The quantitative estimate of drug-likeness (QED) is 0.674. The van der Waals surface area contributed by atoms with Crippen molar-refractivity contribution < 1.29 is 4.74 Å². The minimum atomic E-state index is 0.210. The summed E-state index contributed by atoms with van der Waals surface area (Å²) in [5, 5.41) is 0. The average molecular weight is 202 g/mol. The molecule has 0 saturated heterocycles. The third-order valence-electron chi connectivity index (χ3n) is 2.33. The Kier molecular flexibility index (Phi) is 6.33. The predicted molar refractivity (Wildman–Crippen MR) is 61.4 cm³/mol. The first-order valence-electron chi connectivity index (χ1n) is 5.29. The van der Waals surface area contributed by atoms with Gasteiger partial charge in [0, 0.05) is 26.8 Å². The van der Waals surface area contributed by atoms with E-state index in [9.17, 15) is 0 Å². The molecule has 0 aromatic heterocycles. The monoisotopic (exact) mass is 202 g/mol. The smallest absolute Gasteiger partial charge is 0.0500 e. The molecule has 3 nitrogen and oxygen atoms in total. The third-order valence-corrected chi connectivity index (χ3v) is 2.33. The van der Waals surface area contributed by atoms with Gasteiger partial charge in [-0.1, -0.05) is 20.8 Å². The Morgan fingerprint density at radius 2 is 2.00 bits per heavy atom. The maximum absolute atomic E-state index is 5.69. The molecule has 1 unspecified atom stereocenters. The van der Waals surface area contributed by atoms with Gasteiger partial charge in [0.25, 0.3) is 0 Å². The van der Waals surface area contributed by atoms with Crippen LogP contribution in [0.5, 0.6) is 0 Å². The molecule has 86 valence electrons. The summed E-state index contributed by atoms with van der Waals surface area (Å²) >= 11 is 0. The number of hydrogen-bond donors (Lipinski definition) is 1. The van der Waals surface area contributed by atoms with E-state index in [0.29, 0.717) is 5.92 Å². The van der Waals surface area contributed by atoms with E-state index in [4.69, 9.17) is 10.5 Å². The van der Waals surface area contributed by atoms with Gasteiger partial charge in [-0.25, -0.2) is 0 Å². The molecule has 0 aromatic rings. The molecule has 0 bridgehead atoms. The second kappa shape index (κ2) is 6.38. The van der Waals surface area contributed by atoms with Gasteiger partial charge in [-0.15, -0.1) is 0 Å². The standard InChI is InChI=1S/C11H26N2O/c1-10(7-14-5)6-13(4)9-11(2,3)8-12/h10H,6-9,12H2,1-5H3. The first kappa shape index (κ1) is 13.9. The van der Waals surface area contributed by atoms with Crippen molar-refractivity contribution in [1.29, 1.82) is 0 Å². The number of hydrogen-bond acceptors (Lipinski definition) is 3. The molecule has 1 atom stereocenters. The number of nitrogens with two attached hydrogens (primary N) is 1. The fraction of sp³-hybridized carbons (Fsp3) is 1.00. The maximum atomic E-state index is 5.69. The summed E-state index contributed by atoms with van der Waals surface area (Å²) in [6.45, 7) is 10.3. The Morgan fingerprint density at radius 3 is 2.43 bits per heavy atom. The summed E-state index contributed by atoms with van der Waals surface area (Å²) in [7, 11) is 3.89. The first-order chi connectivity index (χ1) is 6.41. The Morgan fingerprint density at radius 1 is 1.43 bits per heavy atom. The van der Waals surface area contributed by atoms with Crippen LogP contribution in [0.1, 0.15) is 20.8 Å². The van der Waals surface area contributed by atoms with E-state index in [1.54, 1.807) is 7.11 Å². The molecule has 0 aliphatic heterocycles. The molecule has 2 N–H and O–H groups in total. The highest BCUT2D eigenvalue weighted by Crippen LogP contribution is 2.14. The lowest BCUT2D eigenvalue weighted by Crippen LogP contribution is -2.39. The lowest BCUT2D eigenvalue weighted by Gasteiger charge is -2.30. The van der Waals surface area contributed by atoms with E-state index in [0.717, 1.165) is 26.2 Å². The summed E-state index contributed by atoms with van der Waals surface area (Å²) < 4.78 is 5.11. The predicted octanol–water partition coefficient (Wildman–Crippen LogP) is 1.19. The zero-order valence-electron chi connectivity index (χ0n) is 10.3.